The highest BCUT2D eigenvalue weighted by Crippen LogP contribution is 2.28. The Morgan fingerprint density at radius 2 is 1.69 bits per heavy atom. The summed E-state index contributed by atoms with van der Waals surface area (Å²) in [5.74, 6) is 0. The van der Waals surface area contributed by atoms with Crippen LogP contribution in [0.4, 0.5) is 0 Å². The minimum absolute atomic E-state index is 1.21. The van der Waals surface area contributed by atoms with Gasteiger partial charge >= 0.3 is 0 Å². The van der Waals surface area contributed by atoms with E-state index in [0.29, 0.717) is 0 Å². The van der Waals surface area contributed by atoms with Gasteiger partial charge in [0, 0.05) is 17.1 Å². The number of hydrogen-bond acceptors (Lipinski definition) is 0. The molecular formula is C15H13N. The maximum absolute atomic E-state index is 3.24. The van der Waals surface area contributed by atoms with Crippen LogP contribution in [0.5, 0.6) is 0 Å². The molecule has 78 valence electrons. The molecule has 0 aliphatic heterocycles. The Balaban J connectivity index is 2.28. The maximum atomic E-state index is 3.24. The van der Waals surface area contributed by atoms with Crippen LogP contribution < -0.4 is 0 Å². The van der Waals surface area contributed by atoms with Crippen molar-refractivity contribution in [1.82, 2.24) is 4.98 Å². The van der Waals surface area contributed by atoms with Gasteiger partial charge in [-0.1, -0.05) is 36.4 Å². The Kier molecular flexibility index (Phi) is 2.03. The molecule has 1 heterocycles. The molecule has 0 radical (unpaired) electrons. The van der Waals surface area contributed by atoms with Gasteiger partial charge in [0.15, 0.2) is 0 Å². The Hall–Kier alpha value is -2.02. The van der Waals surface area contributed by atoms with Crippen molar-refractivity contribution in [1.29, 1.82) is 0 Å². The van der Waals surface area contributed by atoms with E-state index >= 15 is 0 Å². The zero-order valence-corrected chi connectivity index (χ0v) is 9.20. The van der Waals surface area contributed by atoms with Crippen LogP contribution >= 0.6 is 0 Å². The van der Waals surface area contributed by atoms with Crippen LogP contribution in [0, 0.1) is 6.92 Å². The molecule has 3 rings (SSSR count). The lowest BCUT2D eigenvalue weighted by Crippen LogP contribution is -1.83. The van der Waals surface area contributed by atoms with E-state index in [0.717, 1.165) is 0 Å². The molecule has 1 heteroatoms. The molecule has 3 aromatic rings. The third-order valence-electron chi connectivity index (χ3n) is 3.09. The molecule has 0 aliphatic carbocycles. The van der Waals surface area contributed by atoms with Gasteiger partial charge in [0.05, 0.1) is 0 Å². The van der Waals surface area contributed by atoms with Crippen LogP contribution in [0.25, 0.3) is 22.0 Å². The molecule has 0 saturated carbocycles. The summed E-state index contributed by atoms with van der Waals surface area (Å²) in [7, 11) is 0. The van der Waals surface area contributed by atoms with Crippen molar-refractivity contribution in [2.24, 2.45) is 0 Å². The Labute approximate surface area is 94.7 Å². The van der Waals surface area contributed by atoms with Crippen molar-refractivity contribution in [3.8, 4) is 11.1 Å². The zero-order chi connectivity index (χ0) is 11.0. The third-order valence-corrected chi connectivity index (χ3v) is 3.09. The highest BCUT2D eigenvalue weighted by atomic mass is 14.7. The number of rotatable bonds is 1. The predicted octanol–water partition coefficient (Wildman–Crippen LogP) is 4.14. The quantitative estimate of drug-likeness (QED) is 0.617. The molecule has 0 spiro atoms. The second-order valence-electron chi connectivity index (χ2n) is 4.04. The first-order valence-corrected chi connectivity index (χ1v) is 5.48. The molecule has 0 unspecified atom stereocenters. The molecule has 0 fully saturated rings. The minimum atomic E-state index is 1.21. The van der Waals surface area contributed by atoms with Gasteiger partial charge in [0.2, 0.25) is 0 Å². The second kappa shape index (κ2) is 3.53. The predicted molar refractivity (Wildman–Crippen MR) is 68.5 cm³/mol. The Bertz CT molecular complexity index is 620. The van der Waals surface area contributed by atoms with Crippen LogP contribution in [0.3, 0.4) is 0 Å². The van der Waals surface area contributed by atoms with E-state index in [9.17, 15) is 0 Å². The van der Waals surface area contributed by atoms with Crippen molar-refractivity contribution >= 4 is 10.9 Å². The zero-order valence-electron chi connectivity index (χ0n) is 9.20. The highest BCUT2D eigenvalue weighted by Gasteiger charge is 2.05. The summed E-state index contributed by atoms with van der Waals surface area (Å²) in [5, 5.41) is 1.31. The highest BCUT2D eigenvalue weighted by molar-refractivity contribution is 5.89. The first kappa shape index (κ1) is 9.22. The van der Waals surface area contributed by atoms with Crippen LogP contribution in [0.2, 0.25) is 0 Å². The lowest BCUT2D eigenvalue weighted by Gasteiger charge is -2.07. The number of nitrogens with one attached hydrogen (secondary N) is 1. The maximum Gasteiger partial charge on any atom is 0.0457 e. The van der Waals surface area contributed by atoms with Crippen molar-refractivity contribution < 1.29 is 0 Å². The molecular weight excluding hydrogens is 194 g/mol. The van der Waals surface area contributed by atoms with Gasteiger partial charge in [0.25, 0.3) is 0 Å². The van der Waals surface area contributed by atoms with E-state index in [2.05, 4.69) is 54.4 Å². The average molecular weight is 207 g/mol. The molecule has 1 N–H and O–H groups in total. The first-order valence-electron chi connectivity index (χ1n) is 5.48. The Morgan fingerprint density at radius 3 is 2.50 bits per heavy atom. The minimum Gasteiger partial charge on any atom is -0.361 e. The number of fused-ring (bicyclic) bond motifs is 1. The normalized spacial score (nSPS) is 10.8. The van der Waals surface area contributed by atoms with E-state index in [1.807, 2.05) is 12.3 Å². The summed E-state index contributed by atoms with van der Waals surface area (Å²) < 4.78 is 0. The van der Waals surface area contributed by atoms with Crippen molar-refractivity contribution in [2.45, 2.75) is 6.92 Å². The summed E-state index contributed by atoms with van der Waals surface area (Å²) in [6.45, 7) is 2.18. The van der Waals surface area contributed by atoms with E-state index < -0.39 is 0 Å². The molecule has 1 nitrogen and oxygen atoms in total. The first-order chi connectivity index (χ1) is 7.86. The van der Waals surface area contributed by atoms with Gasteiger partial charge in [0.1, 0.15) is 0 Å². The van der Waals surface area contributed by atoms with Gasteiger partial charge in [-0.25, -0.2) is 0 Å². The lowest BCUT2D eigenvalue weighted by molar-refractivity contribution is 1.46. The van der Waals surface area contributed by atoms with E-state index in [1.54, 1.807) is 0 Å². The summed E-state index contributed by atoms with van der Waals surface area (Å²) in [6, 6.07) is 17.0. The fourth-order valence-electron chi connectivity index (χ4n) is 2.21. The molecule has 2 aromatic carbocycles. The summed E-state index contributed by atoms with van der Waals surface area (Å²) in [5.41, 5.74) is 5.14. The third kappa shape index (κ3) is 1.33. The van der Waals surface area contributed by atoms with Crippen LogP contribution in [-0.4, -0.2) is 4.98 Å². The van der Waals surface area contributed by atoms with Gasteiger partial charge in [-0.3, -0.25) is 0 Å². The van der Waals surface area contributed by atoms with Crippen LogP contribution in [-0.2, 0) is 0 Å². The fourth-order valence-corrected chi connectivity index (χ4v) is 2.21. The second-order valence-corrected chi connectivity index (χ2v) is 4.04. The van der Waals surface area contributed by atoms with Crippen LogP contribution in [0.15, 0.2) is 54.7 Å². The molecule has 0 aliphatic rings. The number of aromatic nitrogens is 1. The van der Waals surface area contributed by atoms with Crippen molar-refractivity contribution in [3.63, 3.8) is 0 Å². The standard InChI is InChI=1S/C15H13N/c1-11-13(12-5-3-2-4-6-12)7-8-15-14(11)9-10-16-15/h2-10,16H,1H3. The number of hydrogen-bond donors (Lipinski definition) is 1. The molecule has 0 amide bonds. The van der Waals surface area contributed by atoms with Crippen molar-refractivity contribution in [3.05, 3.63) is 60.3 Å². The van der Waals surface area contributed by atoms with E-state index in [1.165, 1.54) is 27.6 Å². The van der Waals surface area contributed by atoms with E-state index in [-0.39, 0.29) is 0 Å². The van der Waals surface area contributed by atoms with Gasteiger partial charge in [-0.2, -0.15) is 0 Å². The Morgan fingerprint density at radius 1 is 0.875 bits per heavy atom. The number of benzene rings is 2. The largest absolute Gasteiger partial charge is 0.361 e. The molecule has 1 aromatic heterocycles. The fraction of sp³-hybridized carbons (Fsp3) is 0.0667. The average Bonchev–Trinajstić information content (AvgIpc) is 2.80. The van der Waals surface area contributed by atoms with Gasteiger partial charge < -0.3 is 4.98 Å². The smallest absolute Gasteiger partial charge is 0.0457 e. The lowest BCUT2D eigenvalue weighted by atomic mass is 9.98. The number of aryl methyl sites for hydroxylation is 1. The molecule has 0 saturated heterocycles. The van der Waals surface area contributed by atoms with Crippen molar-refractivity contribution in [2.75, 3.05) is 0 Å². The van der Waals surface area contributed by atoms with Gasteiger partial charge in [-0.05, 0) is 35.7 Å². The molecule has 0 bridgehead atoms. The summed E-state index contributed by atoms with van der Waals surface area (Å²) in [4.78, 5) is 3.24. The number of aromatic amines is 1. The SMILES string of the molecule is Cc1c(-c2ccccc2)ccc2[nH]ccc12. The molecule has 16 heavy (non-hydrogen) atoms. The molecule has 0 atom stereocenters. The number of H-pyrrole nitrogens is 1. The monoisotopic (exact) mass is 207 g/mol. The van der Waals surface area contributed by atoms with Crippen LogP contribution in [0.1, 0.15) is 5.56 Å². The summed E-state index contributed by atoms with van der Waals surface area (Å²) in [6.07, 6.45) is 1.99. The summed E-state index contributed by atoms with van der Waals surface area (Å²) >= 11 is 0. The van der Waals surface area contributed by atoms with E-state index in [4.69, 9.17) is 0 Å². The van der Waals surface area contributed by atoms with Gasteiger partial charge in [-0.15, -0.1) is 0 Å². The topological polar surface area (TPSA) is 15.8 Å².